The van der Waals surface area contributed by atoms with Crippen LogP contribution in [0.5, 0.6) is 0 Å². The van der Waals surface area contributed by atoms with Crippen LogP contribution in [0.1, 0.15) is 37.8 Å². The normalized spacial score (nSPS) is 10.6. The fourth-order valence-corrected chi connectivity index (χ4v) is 2.03. The summed E-state index contributed by atoms with van der Waals surface area (Å²) in [6.45, 7) is 4.36. The summed E-state index contributed by atoms with van der Waals surface area (Å²) in [5, 5.41) is 0. The van der Waals surface area contributed by atoms with Crippen molar-refractivity contribution >= 4 is 0 Å². The molecule has 0 radical (unpaired) electrons. The van der Waals surface area contributed by atoms with Gasteiger partial charge in [0.1, 0.15) is 0 Å². The van der Waals surface area contributed by atoms with Crippen LogP contribution in [0.15, 0.2) is 36.7 Å². The monoisotopic (exact) mass is 240 g/mol. The highest BCUT2D eigenvalue weighted by molar-refractivity contribution is 5.55. The van der Waals surface area contributed by atoms with Crippen molar-refractivity contribution in [3.8, 4) is 11.4 Å². The highest BCUT2D eigenvalue weighted by Crippen LogP contribution is 2.16. The predicted octanol–water partition coefficient (Wildman–Crippen LogP) is 4.05. The van der Waals surface area contributed by atoms with E-state index in [0.717, 1.165) is 30.7 Å². The van der Waals surface area contributed by atoms with Crippen LogP contribution in [0.2, 0.25) is 0 Å². The zero-order chi connectivity index (χ0) is 12.8. The van der Waals surface area contributed by atoms with E-state index >= 15 is 0 Å². The molecule has 1 aromatic heterocycles. The molecular weight excluding hydrogens is 220 g/mol. The number of aryl methyl sites for hydroxylation is 2. The van der Waals surface area contributed by atoms with Gasteiger partial charge in [0.25, 0.3) is 0 Å². The van der Waals surface area contributed by atoms with Crippen molar-refractivity contribution in [2.45, 2.75) is 39.5 Å². The second kappa shape index (κ2) is 6.29. The summed E-state index contributed by atoms with van der Waals surface area (Å²) in [4.78, 5) is 8.86. The summed E-state index contributed by atoms with van der Waals surface area (Å²) in [7, 11) is 0. The number of hydrogen-bond donors (Lipinski definition) is 0. The Morgan fingerprint density at radius 1 is 0.778 bits per heavy atom. The second-order valence-electron chi connectivity index (χ2n) is 4.61. The number of aromatic nitrogens is 2. The Morgan fingerprint density at radius 3 is 1.89 bits per heavy atom. The highest BCUT2D eigenvalue weighted by Gasteiger charge is 2.01. The number of hydrogen-bond acceptors (Lipinski definition) is 2. The summed E-state index contributed by atoms with van der Waals surface area (Å²) in [5.41, 5.74) is 3.69. The average molecular weight is 240 g/mol. The molecule has 2 heteroatoms. The summed E-state index contributed by atoms with van der Waals surface area (Å²) in [6, 6.07) is 8.56. The summed E-state index contributed by atoms with van der Waals surface area (Å²) >= 11 is 0. The van der Waals surface area contributed by atoms with Crippen LogP contribution in [0.25, 0.3) is 11.4 Å². The average Bonchev–Trinajstić information content (AvgIpc) is 2.41. The lowest BCUT2D eigenvalue weighted by Crippen LogP contribution is -1.92. The molecule has 0 N–H and O–H groups in total. The van der Waals surface area contributed by atoms with E-state index in [-0.39, 0.29) is 0 Å². The minimum Gasteiger partial charge on any atom is -0.236 e. The van der Waals surface area contributed by atoms with Gasteiger partial charge in [0.15, 0.2) is 5.82 Å². The molecule has 0 spiro atoms. The van der Waals surface area contributed by atoms with Gasteiger partial charge in [0.2, 0.25) is 0 Å². The topological polar surface area (TPSA) is 25.8 Å². The van der Waals surface area contributed by atoms with E-state index in [2.05, 4.69) is 48.1 Å². The SMILES string of the molecule is CCCc1ccc(-c2ncc(CCC)cn2)cc1. The van der Waals surface area contributed by atoms with Gasteiger partial charge in [-0.25, -0.2) is 9.97 Å². The molecule has 0 fully saturated rings. The number of benzene rings is 1. The molecular formula is C16H20N2. The van der Waals surface area contributed by atoms with Crippen LogP contribution in [0.4, 0.5) is 0 Å². The molecule has 0 aliphatic carbocycles. The first-order valence-corrected chi connectivity index (χ1v) is 6.73. The molecule has 0 aliphatic heterocycles. The van der Waals surface area contributed by atoms with Crippen LogP contribution in [-0.4, -0.2) is 9.97 Å². The van der Waals surface area contributed by atoms with Gasteiger partial charge in [-0.15, -0.1) is 0 Å². The third-order valence-corrected chi connectivity index (χ3v) is 2.99. The first-order valence-electron chi connectivity index (χ1n) is 6.73. The van der Waals surface area contributed by atoms with Crippen molar-refractivity contribution in [3.63, 3.8) is 0 Å². The fourth-order valence-electron chi connectivity index (χ4n) is 2.03. The van der Waals surface area contributed by atoms with Gasteiger partial charge >= 0.3 is 0 Å². The predicted molar refractivity (Wildman–Crippen MR) is 75.5 cm³/mol. The maximum atomic E-state index is 4.43. The first kappa shape index (κ1) is 12.7. The van der Waals surface area contributed by atoms with Gasteiger partial charge < -0.3 is 0 Å². The molecule has 0 unspecified atom stereocenters. The standard InChI is InChI=1S/C16H20N2/c1-3-5-13-7-9-15(10-8-13)16-17-11-14(6-4-2)12-18-16/h7-12H,3-6H2,1-2H3. The molecule has 0 amide bonds. The van der Waals surface area contributed by atoms with Crippen molar-refractivity contribution in [1.29, 1.82) is 0 Å². The van der Waals surface area contributed by atoms with E-state index in [0.29, 0.717) is 0 Å². The van der Waals surface area contributed by atoms with Crippen LogP contribution in [0.3, 0.4) is 0 Å². The largest absolute Gasteiger partial charge is 0.236 e. The maximum absolute atomic E-state index is 4.43. The van der Waals surface area contributed by atoms with Crippen molar-refractivity contribution in [2.75, 3.05) is 0 Å². The van der Waals surface area contributed by atoms with E-state index in [4.69, 9.17) is 0 Å². The molecule has 94 valence electrons. The lowest BCUT2D eigenvalue weighted by Gasteiger charge is -2.03. The smallest absolute Gasteiger partial charge is 0.159 e. The second-order valence-corrected chi connectivity index (χ2v) is 4.61. The molecule has 2 nitrogen and oxygen atoms in total. The number of rotatable bonds is 5. The lowest BCUT2D eigenvalue weighted by atomic mass is 10.1. The van der Waals surface area contributed by atoms with Gasteiger partial charge in [0, 0.05) is 18.0 Å². The minimum atomic E-state index is 0.818. The van der Waals surface area contributed by atoms with Crippen molar-refractivity contribution < 1.29 is 0 Å². The van der Waals surface area contributed by atoms with Crippen molar-refractivity contribution in [2.24, 2.45) is 0 Å². The third kappa shape index (κ3) is 3.16. The summed E-state index contributed by atoms with van der Waals surface area (Å²) < 4.78 is 0. The molecule has 0 aliphatic rings. The highest BCUT2D eigenvalue weighted by atomic mass is 14.9. The molecule has 1 aromatic carbocycles. The maximum Gasteiger partial charge on any atom is 0.159 e. The zero-order valence-electron chi connectivity index (χ0n) is 11.2. The molecule has 0 saturated heterocycles. The van der Waals surface area contributed by atoms with E-state index in [1.165, 1.54) is 17.5 Å². The van der Waals surface area contributed by atoms with E-state index in [9.17, 15) is 0 Å². The van der Waals surface area contributed by atoms with Gasteiger partial charge in [-0.1, -0.05) is 51.0 Å². The molecule has 0 atom stereocenters. The Bertz CT molecular complexity index is 424. The molecule has 0 saturated carbocycles. The van der Waals surface area contributed by atoms with Crippen LogP contribution < -0.4 is 0 Å². The van der Waals surface area contributed by atoms with Gasteiger partial charge in [-0.3, -0.25) is 0 Å². The Balaban J connectivity index is 2.15. The molecule has 2 rings (SSSR count). The summed E-state index contributed by atoms with van der Waals surface area (Å²) in [6.07, 6.45) is 8.37. The lowest BCUT2D eigenvalue weighted by molar-refractivity contribution is 0.902. The van der Waals surface area contributed by atoms with E-state index < -0.39 is 0 Å². The number of nitrogens with zero attached hydrogens (tertiary/aromatic N) is 2. The van der Waals surface area contributed by atoms with Crippen molar-refractivity contribution in [1.82, 2.24) is 9.97 Å². The molecule has 0 bridgehead atoms. The quantitative estimate of drug-likeness (QED) is 0.788. The Morgan fingerprint density at radius 2 is 1.33 bits per heavy atom. The fraction of sp³-hybridized carbons (Fsp3) is 0.375. The van der Waals surface area contributed by atoms with Crippen LogP contribution >= 0.6 is 0 Å². The molecule has 18 heavy (non-hydrogen) atoms. The Kier molecular flexibility index (Phi) is 4.46. The van der Waals surface area contributed by atoms with Gasteiger partial charge in [0.05, 0.1) is 0 Å². The van der Waals surface area contributed by atoms with Crippen LogP contribution in [-0.2, 0) is 12.8 Å². The summed E-state index contributed by atoms with van der Waals surface area (Å²) in [5.74, 6) is 0.818. The van der Waals surface area contributed by atoms with E-state index in [1.807, 2.05) is 12.4 Å². The molecule has 1 heterocycles. The van der Waals surface area contributed by atoms with Crippen LogP contribution in [0, 0.1) is 0 Å². The van der Waals surface area contributed by atoms with Gasteiger partial charge in [-0.05, 0) is 24.0 Å². The first-order chi connectivity index (χ1) is 8.83. The minimum absolute atomic E-state index is 0.818. The zero-order valence-corrected chi connectivity index (χ0v) is 11.2. The van der Waals surface area contributed by atoms with Gasteiger partial charge in [-0.2, -0.15) is 0 Å². The van der Waals surface area contributed by atoms with E-state index in [1.54, 1.807) is 0 Å². The molecule has 2 aromatic rings. The Hall–Kier alpha value is -1.70. The third-order valence-electron chi connectivity index (χ3n) is 2.99. The Labute approximate surface area is 109 Å². The van der Waals surface area contributed by atoms with Crippen molar-refractivity contribution in [3.05, 3.63) is 47.8 Å².